The Balaban J connectivity index is 1.63. The Morgan fingerprint density at radius 1 is 1.00 bits per heavy atom. The monoisotopic (exact) mass is 426 g/mol. The Labute approximate surface area is 187 Å². The number of nitrogens with zero attached hydrogens (tertiary/aromatic N) is 2. The molecule has 2 heterocycles. The van der Waals surface area contributed by atoms with Crippen molar-refractivity contribution in [3.63, 3.8) is 0 Å². The van der Waals surface area contributed by atoms with Gasteiger partial charge in [-0.1, -0.05) is 35.9 Å². The molecule has 4 aromatic rings. The molecule has 32 heavy (non-hydrogen) atoms. The molecule has 0 atom stereocenters. The number of fused-ring (bicyclic) bond motifs is 1. The van der Waals surface area contributed by atoms with E-state index >= 15 is 0 Å². The van der Waals surface area contributed by atoms with E-state index in [1.807, 2.05) is 53.1 Å². The van der Waals surface area contributed by atoms with Crippen LogP contribution in [0.4, 0.5) is 5.69 Å². The summed E-state index contributed by atoms with van der Waals surface area (Å²) in [5.41, 5.74) is 5.47. The van der Waals surface area contributed by atoms with E-state index in [9.17, 15) is 9.59 Å². The number of aromatic nitrogens is 2. The van der Waals surface area contributed by atoms with E-state index in [4.69, 9.17) is 0 Å². The third-order valence-corrected chi connectivity index (χ3v) is 5.27. The van der Waals surface area contributed by atoms with Gasteiger partial charge in [-0.15, -0.1) is 0 Å². The molecule has 2 amide bonds. The molecule has 0 aliphatic rings. The number of pyridine rings is 1. The van der Waals surface area contributed by atoms with Crippen molar-refractivity contribution in [3.05, 3.63) is 95.4 Å². The summed E-state index contributed by atoms with van der Waals surface area (Å²) in [7, 11) is 0. The Morgan fingerprint density at radius 3 is 2.62 bits per heavy atom. The molecular weight excluding hydrogens is 400 g/mol. The maximum Gasteiger partial charge on any atom is 0.267 e. The summed E-state index contributed by atoms with van der Waals surface area (Å²) in [6.07, 6.45) is 2.42. The average molecular weight is 427 g/mol. The van der Waals surface area contributed by atoms with Gasteiger partial charge in [-0.25, -0.2) is 0 Å². The molecule has 2 aromatic carbocycles. The maximum atomic E-state index is 13.1. The molecule has 0 fully saturated rings. The summed E-state index contributed by atoms with van der Waals surface area (Å²) in [6, 6.07) is 21.6. The molecule has 6 heteroatoms. The SMILES string of the molecule is CC(=O)Nc1ccc2c(c1)cc(C(=O)NCCc1ccccn1)n2Cc1cccc(C)c1. The highest BCUT2D eigenvalue weighted by Crippen LogP contribution is 2.25. The van der Waals surface area contributed by atoms with Crippen LogP contribution in [-0.4, -0.2) is 27.9 Å². The van der Waals surface area contributed by atoms with E-state index in [0.29, 0.717) is 30.9 Å². The summed E-state index contributed by atoms with van der Waals surface area (Å²) >= 11 is 0. The number of rotatable bonds is 7. The van der Waals surface area contributed by atoms with E-state index in [0.717, 1.165) is 22.2 Å². The summed E-state index contributed by atoms with van der Waals surface area (Å²) in [4.78, 5) is 28.9. The normalized spacial score (nSPS) is 10.8. The van der Waals surface area contributed by atoms with Gasteiger partial charge in [0.2, 0.25) is 5.91 Å². The van der Waals surface area contributed by atoms with Crippen LogP contribution in [-0.2, 0) is 17.8 Å². The smallest absolute Gasteiger partial charge is 0.267 e. The van der Waals surface area contributed by atoms with Crippen molar-refractivity contribution >= 4 is 28.4 Å². The molecule has 2 aromatic heterocycles. The lowest BCUT2D eigenvalue weighted by atomic mass is 10.1. The van der Waals surface area contributed by atoms with Crippen molar-refractivity contribution in [2.24, 2.45) is 0 Å². The zero-order valence-corrected chi connectivity index (χ0v) is 18.3. The fraction of sp³-hybridized carbons (Fsp3) is 0.192. The number of aryl methyl sites for hydroxylation is 1. The van der Waals surface area contributed by atoms with E-state index in [-0.39, 0.29) is 11.8 Å². The second-order valence-corrected chi connectivity index (χ2v) is 7.89. The standard InChI is InChI=1S/C26H26N4O2/c1-18-6-5-7-20(14-18)17-30-24-10-9-23(29-19(2)31)15-21(24)16-25(30)26(32)28-13-11-22-8-3-4-12-27-22/h3-10,12,14-16H,11,13,17H2,1-2H3,(H,28,32)(H,29,31). The maximum absolute atomic E-state index is 13.1. The topological polar surface area (TPSA) is 76.0 Å². The average Bonchev–Trinajstić information content (AvgIpc) is 3.11. The van der Waals surface area contributed by atoms with Crippen LogP contribution in [0.2, 0.25) is 0 Å². The minimum atomic E-state index is -0.133. The first kappa shape index (κ1) is 21.3. The van der Waals surface area contributed by atoms with Crippen LogP contribution < -0.4 is 10.6 Å². The minimum Gasteiger partial charge on any atom is -0.350 e. The minimum absolute atomic E-state index is 0.129. The Kier molecular flexibility index (Phi) is 6.31. The van der Waals surface area contributed by atoms with Crippen LogP contribution in [0.3, 0.4) is 0 Å². The molecular formula is C26H26N4O2. The highest BCUT2D eigenvalue weighted by molar-refractivity contribution is 6.00. The number of amides is 2. The molecule has 0 bridgehead atoms. The van der Waals surface area contributed by atoms with Crippen LogP contribution in [0, 0.1) is 6.92 Å². The number of carbonyl (C=O) groups is 2. The van der Waals surface area contributed by atoms with Crippen molar-refractivity contribution in [3.8, 4) is 0 Å². The third-order valence-electron chi connectivity index (χ3n) is 5.27. The quantitative estimate of drug-likeness (QED) is 0.462. The van der Waals surface area contributed by atoms with E-state index in [1.165, 1.54) is 12.5 Å². The van der Waals surface area contributed by atoms with Crippen LogP contribution in [0.15, 0.2) is 72.9 Å². The van der Waals surface area contributed by atoms with E-state index in [2.05, 4.69) is 40.7 Å². The molecule has 2 N–H and O–H groups in total. The fourth-order valence-corrected chi connectivity index (χ4v) is 3.84. The van der Waals surface area contributed by atoms with Gasteiger partial charge < -0.3 is 15.2 Å². The lowest BCUT2D eigenvalue weighted by Crippen LogP contribution is -2.28. The number of hydrogen-bond donors (Lipinski definition) is 2. The van der Waals surface area contributed by atoms with Gasteiger partial charge in [-0.2, -0.15) is 0 Å². The number of carbonyl (C=O) groups excluding carboxylic acids is 2. The van der Waals surface area contributed by atoms with Gasteiger partial charge in [0.15, 0.2) is 0 Å². The third kappa shape index (κ3) is 5.03. The molecule has 0 saturated carbocycles. The summed E-state index contributed by atoms with van der Waals surface area (Å²) in [6.45, 7) is 4.61. The molecule has 0 aliphatic heterocycles. The first-order valence-electron chi connectivity index (χ1n) is 10.6. The van der Waals surface area contributed by atoms with Crippen LogP contribution in [0.25, 0.3) is 10.9 Å². The highest BCUT2D eigenvalue weighted by Gasteiger charge is 2.16. The van der Waals surface area contributed by atoms with Crippen molar-refractivity contribution in [1.82, 2.24) is 14.9 Å². The largest absolute Gasteiger partial charge is 0.350 e. The number of nitrogens with one attached hydrogen (secondary N) is 2. The zero-order chi connectivity index (χ0) is 22.5. The Morgan fingerprint density at radius 2 is 1.88 bits per heavy atom. The zero-order valence-electron chi connectivity index (χ0n) is 18.3. The van der Waals surface area contributed by atoms with Crippen molar-refractivity contribution in [2.75, 3.05) is 11.9 Å². The lowest BCUT2D eigenvalue weighted by molar-refractivity contribution is -0.114. The summed E-state index contributed by atoms with van der Waals surface area (Å²) in [5.74, 6) is -0.262. The molecule has 4 rings (SSSR count). The summed E-state index contributed by atoms with van der Waals surface area (Å²) in [5, 5.41) is 6.73. The van der Waals surface area contributed by atoms with Gasteiger partial charge in [0.25, 0.3) is 5.91 Å². The second kappa shape index (κ2) is 9.47. The second-order valence-electron chi connectivity index (χ2n) is 7.89. The number of anilines is 1. The predicted octanol–water partition coefficient (Wildman–Crippen LogP) is 4.32. The van der Waals surface area contributed by atoms with Crippen molar-refractivity contribution < 1.29 is 9.59 Å². The molecule has 0 aliphatic carbocycles. The number of benzene rings is 2. The predicted molar refractivity (Wildman–Crippen MR) is 127 cm³/mol. The van der Waals surface area contributed by atoms with Crippen LogP contribution in [0.5, 0.6) is 0 Å². The Bertz CT molecular complexity index is 1260. The fourth-order valence-electron chi connectivity index (χ4n) is 3.84. The van der Waals surface area contributed by atoms with E-state index < -0.39 is 0 Å². The number of hydrogen-bond acceptors (Lipinski definition) is 3. The van der Waals surface area contributed by atoms with Crippen LogP contribution in [0.1, 0.15) is 34.2 Å². The van der Waals surface area contributed by atoms with Gasteiger partial charge >= 0.3 is 0 Å². The van der Waals surface area contributed by atoms with Crippen molar-refractivity contribution in [2.45, 2.75) is 26.8 Å². The van der Waals surface area contributed by atoms with Gasteiger partial charge in [0, 0.05) is 54.9 Å². The van der Waals surface area contributed by atoms with Gasteiger partial charge in [-0.3, -0.25) is 14.6 Å². The first-order valence-corrected chi connectivity index (χ1v) is 10.6. The Hall–Kier alpha value is -3.93. The van der Waals surface area contributed by atoms with Gasteiger partial charge in [-0.05, 0) is 48.9 Å². The van der Waals surface area contributed by atoms with Gasteiger partial charge in [0.1, 0.15) is 5.69 Å². The van der Waals surface area contributed by atoms with Crippen LogP contribution >= 0.6 is 0 Å². The molecule has 162 valence electrons. The molecule has 0 unspecified atom stereocenters. The molecule has 0 saturated heterocycles. The molecule has 0 radical (unpaired) electrons. The highest BCUT2D eigenvalue weighted by atomic mass is 16.2. The van der Waals surface area contributed by atoms with Gasteiger partial charge in [0.05, 0.1) is 0 Å². The summed E-state index contributed by atoms with van der Waals surface area (Å²) < 4.78 is 2.03. The first-order chi connectivity index (χ1) is 15.5. The molecule has 6 nitrogen and oxygen atoms in total. The lowest BCUT2D eigenvalue weighted by Gasteiger charge is -2.12. The molecule has 0 spiro atoms. The van der Waals surface area contributed by atoms with E-state index in [1.54, 1.807) is 6.20 Å². The van der Waals surface area contributed by atoms with Crippen molar-refractivity contribution in [1.29, 1.82) is 0 Å².